The Morgan fingerprint density at radius 2 is 1.65 bits per heavy atom. The van der Waals surface area contributed by atoms with E-state index in [1.165, 1.54) is 16.4 Å². The van der Waals surface area contributed by atoms with Crippen LogP contribution in [-0.2, 0) is 21.2 Å². The summed E-state index contributed by atoms with van der Waals surface area (Å²) in [5.41, 5.74) is 2.70. The van der Waals surface area contributed by atoms with Crippen molar-refractivity contribution < 1.29 is 17.9 Å². The third-order valence-corrected chi connectivity index (χ3v) is 7.21. The lowest BCUT2D eigenvalue weighted by Gasteiger charge is -2.23. The van der Waals surface area contributed by atoms with E-state index in [4.69, 9.17) is 4.74 Å². The molecule has 1 amide bonds. The molecule has 0 aromatic heterocycles. The number of para-hydroxylation sites is 2. The fourth-order valence-electron chi connectivity index (χ4n) is 3.74. The van der Waals surface area contributed by atoms with E-state index in [0.29, 0.717) is 24.5 Å². The Morgan fingerprint density at radius 3 is 2.35 bits per heavy atom. The topological polar surface area (TPSA) is 66.9 Å². The van der Waals surface area contributed by atoms with Crippen molar-refractivity contribution in [1.82, 2.24) is 0 Å². The first-order valence-electron chi connectivity index (χ1n) is 10.2. The number of amides is 1. The Labute approximate surface area is 182 Å². The van der Waals surface area contributed by atoms with E-state index in [1.807, 2.05) is 30.3 Å². The van der Waals surface area contributed by atoms with Gasteiger partial charge in [-0.3, -0.25) is 9.10 Å². The van der Waals surface area contributed by atoms with E-state index < -0.39 is 10.0 Å². The largest absolute Gasteiger partial charge is 0.484 e. The van der Waals surface area contributed by atoms with Crippen molar-refractivity contribution in [3.05, 3.63) is 84.4 Å². The van der Waals surface area contributed by atoms with Crippen LogP contribution in [-0.4, -0.2) is 34.0 Å². The molecule has 0 radical (unpaired) electrons. The number of hydrogen-bond acceptors (Lipinski definition) is 4. The summed E-state index contributed by atoms with van der Waals surface area (Å²) in [6, 6.07) is 23.0. The van der Waals surface area contributed by atoms with E-state index in [9.17, 15) is 13.2 Å². The van der Waals surface area contributed by atoms with Gasteiger partial charge in [0, 0.05) is 18.8 Å². The number of rotatable bonds is 7. The minimum Gasteiger partial charge on any atom is -0.484 e. The molecule has 3 aromatic carbocycles. The van der Waals surface area contributed by atoms with Gasteiger partial charge in [-0.05, 0) is 61.4 Å². The SMILES string of the molecule is CCN(c1ccccc1)S(=O)(=O)c1ccc(OCC(=O)N2CCc3ccccc32)cc1. The van der Waals surface area contributed by atoms with Crippen molar-refractivity contribution in [3.63, 3.8) is 0 Å². The summed E-state index contributed by atoms with van der Waals surface area (Å²) in [7, 11) is -3.70. The molecule has 160 valence electrons. The molecule has 0 saturated heterocycles. The number of hydrogen-bond donors (Lipinski definition) is 0. The highest BCUT2D eigenvalue weighted by Crippen LogP contribution is 2.28. The second kappa shape index (κ2) is 8.81. The van der Waals surface area contributed by atoms with Gasteiger partial charge in [0.05, 0.1) is 10.6 Å². The number of sulfonamides is 1. The summed E-state index contributed by atoms with van der Waals surface area (Å²) in [5, 5.41) is 0. The van der Waals surface area contributed by atoms with Gasteiger partial charge in [-0.1, -0.05) is 36.4 Å². The number of ether oxygens (including phenoxy) is 1. The highest BCUT2D eigenvalue weighted by Gasteiger charge is 2.25. The third kappa shape index (κ3) is 4.27. The number of carbonyl (C=O) groups is 1. The molecule has 0 fully saturated rings. The van der Waals surface area contributed by atoms with Gasteiger partial charge in [0.25, 0.3) is 15.9 Å². The van der Waals surface area contributed by atoms with Crippen molar-refractivity contribution >= 4 is 27.3 Å². The van der Waals surface area contributed by atoms with Crippen molar-refractivity contribution in [3.8, 4) is 5.75 Å². The van der Waals surface area contributed by atoms with Gasteiger partial charge in [0.2, 0.25) is 0 Å². The Bertz CT molecular complexity index is 1160. The van der Waals surface area contributed by atoms with Crippen LogP contribution in [0.25, 0.3) is 0 Å². The van der Waals surface area contributed by atoms with E-state index in [-0.39, 0.29) is 17.4 Å². The zero-order chi connectivity index (χ0) is 21.8. The zero-order valence-electron chi connectivity index (χ0n) is 17.3. The molecule has 6 nitrogen and oxygen atoms in total. The standard InChI is InChI=1S/C24H24N2O4S/c1-2-26(20-9-4-3-5-10-20)31(28,29)22-14-12-21(13-15-22)30-18-24(27)25-17-16-19-8-6-7-11-23(19)25/h3-15H,2,16-18H2,1H3. The van der Waals surface area contributed by atoms with Crippen LogP contribution < -0.4 is 13.9 Å². The van der Waals surface area contributed by atoms with Crippen LogP contribution in [0, 0.1) is 0 Å². The first-order chi connectivity index (χ1) is 15.0. The summed E-state index contributed by atoms with van der Waals surface area (Å²) in [5.74, 6) is 0.324. The smallest absolute Gasteiger partial charge is 0.264 e. The third-order valence-electron chi connectivity index (χ3n) is 5.29. The van der Waals surface area contributed by atoms with E-state index in [2.05, 4.69) is 0 Å². The molecular formula is C24H24N2O4S. The maximum atomic E-state index is 13.1. The fraction of sp³-hybridized carbons (Fsp3) is 0.208. The molecule has 0 unspecified atom stereocenters. The van der Waals surface area contributed by atoms with Gasteiger partial charge in [-0.25, -0.2) is 8.42 Å². The predicted molar refractivity (Wildman–Crippen MR) is 121 cm³/mol. The van der Waals surface area contributed by atoms with Gasteiger partial charge in [0.15, 0.2) is 6.61 Å². The molecular weight excluding hydrogens is 412 g/mol. The summed E-state index contributed by atoms with van der Waals surface area (Å²) in [4.78, 5) is 14.5. The molecule has 4 rings (SSSR count). The molecule has 0 saturated carbocycles. The van der Waals surface area contributed by atoms with Crippen molar-refractivity contribution in [2.45, 2.75) is 18.2 Å². The van der Waals surface area contributed by atoms with E-state index >= 15 is 0 Å². The molecule has 0 aliphatic carbocycles. The molecule has 3 aromatic rings. The van der Waals surface area contributed by atoms with Crippen LogP contribution in [0.4, 0.5) is 11.4 Å². The van der Waals surface area contributed by atoms with Crippen LogP contribution in [0.1, 0.15) is 12.5 Å². The number of benzene rings is 3. The molecule has 1 heterocycles. The quantitative estimate of drug-likeness (QED) is 0.564. The van der Waals surface area contributed by atoms with Crippen LogP contribution >= 0.6 is 0 Å². The lowest BCUT2D eigenvalue weighted by molar-refractivity contribution is -0.120. The maximum absolute atomic E-state index is 13.1. The molecule has 0 spiro atoms. The number of nitrogens with zero attached hydrogens (tertiary/aromatic N) is 2. The molecule has 0 N–H and O–H groups in total. The highest BCUT2D eigenvalue weighted by atomic mass is 32.2. The Morgan fingerprint density at radius 1 is 0.968 bits per heavy atom. The Balaban J connectivity index is 1.43. The average Bonchev–Trinajstić information content (AvgIpc) is 3.23. The van der Waals surface area contributed by atoms with Crippen LogP contribution in [0.5, 0.6) is 5.75 Å². The number of carbonyl (C=O) groups excluding carboxylic acids is 1. The van der Waals surface area contributed by atoms with Gasteiger partial charge < -0.3 is 9.64 Å². The monoisotopic (exact) mass is 436 g/mol. The zero-order valence-corrected chi connectivity index (χ0v) is 18.1. The minimum atomic E-state index is -3.70. The van der Waals surface area contributed by atoms with Gasteiger partial charge in [-0.2, -0.15) is 0 Å². The summed E-state index contributed by atoms with van der Waals surface area (Å²) < 4.78 is 33.1. The average molecular weight is 437 g/mol. The second-order valence-corrected chi connectivity index (χ2v) is 9.05. The Hall–Kier alpha value is -3.32. The van der Waals surface area contributed by atoms with E-state index in [1.54, 1.807) is 48.2 Å². The molecule has 0 atom stereocenters. The molecule has 0 bridgehead atoms. The first-order valence-corrected chi connectivity index (χ1v) is 11.6. The predicted octanol–water partition coefficient (Wildman–Crippen LogP) is 3.87. The normalized spacial score (nSPS) is 13.0. The first kappa shape index (κ1) is 20.9. The van der Waals surface area contributed by atoms with Crippen LogP contribution in [0.15, 0.2) is 83.8 Å². The summed E-state index contributed by atoms with van der Waals surface area (Å²) >= 11 is 0. The molecule has 31 heavy (non-hydrogen) atoms. The van der Waals surface area contributed by atoms with Gasteiger partial charge >= 0.3 is 0 Å². The Kier molecular flexibility index (Phi) is 5.95. The second-order valence-electron chi connectivity index (χ2n) is 7.19. The fourth-order valence-corrected chi connectivity index (χ4v) is 5.21. The lowest BCUT2D eigenvalue weighted by atomic mass is 10.2. The van der Waals surface area contributed by atoms with Crippen molar-refractivity contribution in [2.24, 2.45) is 0 Å². The maximum Gasteiger partial charge on any atom is 0.264 e. The highest BCUT2D eigenvalue weighted by molar-refractivity contribution is 7.92. The number of fused-ring (bicyclic) bond motifs is 1. The summed E-state index contributed by atoms with van der Waals surface area (Å²) in [6.45, 7) is 2.65. The lowest BCUT2D eigenvalue weighted by Crippen LogP contribution is -2.33. The van der Waals surface area contributed by atoms with Crippen LogP contribution in [0.2, 0.25) is 0 Å². The van der Waals surface area contributed by atoms with Gasteiger partial charge in [0.1, 0.15) is 5.75 Å². The van der Waals surface area contributed by atoms with Crippen LogP contribution in [0.3, 0.4) is 0 Å². The van der Waals surface area contributed by atoms with E-state index in [0.717, 1.165) is 17.7 Å². The van der Waals surface area contributed by atoms with Crippen molar-refractivity contribution in [1.29, 1.82) is 0 Å². The summed E-state index contributed by atoms with van der Waals surface area (Å²) in [6.07, 6.45) is 0.837. The van der Waals surface area contributed by atoms with Gasteiger partial charge in [-0.15, -0.1) is 0 Å². The molecule has 1 aliphatic heterocycles. The minimum absolute atomic E-state index is 0.106. The molecule has 1 aliphatic rings. The molecule has 7 heteroatoms. The van der Waals surface area contributed by atoms with Crippen molar-refractivity contribution in [2.75, 3.05) is 28.9 Å². The number of anilines is 2.